The lowest BCUT2D eigenvalue weighted by Crippen LogP contribution is -2.07. The number of aliphatic hydroxyl groups is 1. The highest BCUT2D eigenvalue weighted by Crippen LogP contribution is 2.26. The Kier molecular flexibility index (Phi) is 2.93. The Morgan fingerprint density at radius 1 is 1.58 bits per heavy atom. The highest BCUT2D eigenvalue weighted by atomic mass is 16.4. The number of aryl methyl sites for hydroxylation is 1. The van der Waals surface area contributed by atoms with E-state index in [2.05, 4.69) is 6.92 Å². The molecule has 0 saturated carbocycles. The van der Waals surface area contributed by atoms with Gasteiger partial charge in [-0.25, -0.2) is 0 Å². The molecule has 2 nitrogen and oxygen atoms in total. The fourth-order valence-electron chi connectivity index (χ4n) is 1.17. The molecule has 1 aromatic rings. The monoisotopic (exact) mass is 168 g/mol. The van der Waals surface area contributed by atoms with Crippen LogP contribution in [0.3, 0.4) is 0 Å². The minimum absolute atomic E-state index is 0.259. The van der Waals surface area contributed by atoms with E-state index in [0.717, 1.165) is 12.0 Å². The first kappa shape index (κ1) is 9.33. The summed E-state index contributed by atoms with van der Waals surface area (Å²) in [5, 5.41) is 9.76. The minimum Gasteiger partial charge on any atom is -0.466 e. The van der Waals surface area contributed by atoms with Crippen LogP contribution in [0.25, 0.3) is 0 Å². The molecule has 1 N–H and O–H groups in total. The van der Waals surface area contributed by atoms with Gasteiger partial charge in [-0.05, 0) is 24.5 Å². The van der Waals surface area contributed by atoms with Crippen molar-refractivity contribution < 1.29 is 9.52 Å². The lowest BCUT2D eigenvalue weighted by atomic mass is 9.98. The molecule has 1 aromatic heterocycles. The van der Waals surface area contributed by atoms with Gasteiger partial charge in [0, 0.05) is 0 Å². The second kappa shape index (κ2) is 3.76. The Bertz CT molecular complexity index is 240. The summed E-state index contributed by atoms with van der Waals surface area (Å²) in [6.07, 6.45) is 2.13. The number of furan rings is 1. The Hall–Kier alpha value is -0.760. The minimum atomic E-state index is -0.454. The van der Waals surface area contributed by atoms with Crippen LogP contribution in [0, 0.1) is 12.8 Å². The van der Waals surface area contributed by atoms with E-state index in [1.54, 1.807) is 6.26 Å². The molecule has 0 bridgehead atoms. The number of hydrogen-bond donors (Lipinski definition) is 1. The smallest absolute Gasteiger partial charge is 0.135 e. The second-order valence-electron chi connectivity index (χ2n) is 3.30. The van der Waals surface area contributed by atoms with Crippen molar-refractivity contribution in [3.63, 3.8) is 0 Å². The summed E-state index contributed by atoms with van der Waals surface area (Å²) in [7, 11) is 0. The van der Waals surface area contributed by atoms with Crippen LogP contribution in [0.2, 0.25) is 0 Å². The van der Waals surface area contributed by atoms with Gasteiger partial charge in [-0.2, -0.15) is 0 Å². The summed E-state index contributed by atoms with van der Waals surface area (Å²) in [4.78, 5) is 0. The van der Waals surface area contributed by atoms with Crippen molar-refractivity contribution in [2.45, 2.75) is 33.3 Å². The summed E-state index contributed by atoms with van der Waals surface area (Å²) >= 11 is 0. The van der Waals surface area contributed by atoms with E-state index in [1.165, 1.54) is 0 Å². The molecule has 2 atom stereocenters. The first-order chi connectivity index (χ1) is 5.66. The number of aliphatic hydroxyl groups excluding tert-OH is 1. The van der Waals surface area contributed by atoms with E-state index in [0.29, 0.717) is 5.76 Å². The van der Waals surface area contributed by atoms with E-state index in [1.807, 2.05) is 19.9 Å². The molecule has 0 aliphatic heterocycles. The molecule has 68 valence electrons. The van der Waals surface area contributed by atoms with Crippen LogP contribution >= 0.6 is 0 Å². The fraction of sp³-hybridized carbons (Fsp3) is 0.600. The Morgan fingerprint density at radius 3 is 2.67 bits per heavy atom. The van der Waals surface area contributed by atoms with Crippen LogP contribution in [0.1, 0.15) is 37.7 Å². The molecule has 1 rings (SSSR count). The summed E-state index contributed by atoms with van der Waals surface area (Å²) < 4.78 is 5.20. The van der Waals surface area contributed by atoms with Crippen molar-refractivity contribution in [2.24, 2.45) is 5.92 Å². The molecule has 0 amide bonds. The van der Waals surface area contributed by atoms with Crippen molar-refractivity contribution in [3.05, 3.63) is 23.7 Å². The molecule has 0 aliphatic carbocycles. The molecule has 1 heterocycles. The predicted octanol–water partition coefficient (Wildman–Crippen LogP) is 2.67. The molecule has 0 saturated heterocycles. The van der Waals surface area contributed by atoms with Crippen LogP contribution in [0.5, 0.6) is 0 Å². The third kappa shape index (κ3) is 1.69. The quantitative estimate of drug-likeness (QED) is 0.752. The van der Waals surface area contributed by atoms with E-state index in [9.17, 15) is 5.11 Å². The molecule has 0 aromatic carbocycles. The lowest BCUT2D eigenvalue weighted by molar-refractivity contribution is 0.0915. The SMILES string of the molecule is CCC(C)C(O)c1occc1C. The highest BCUT2D eigenvalue weighted by molar-refractivity contribution is 5.17. The summed E-state index contributed by atoms with van der Waals surface area (Å²) in [5.74, 6) is 0.971. The molecule has 0 spiro atoms. The Balaban J connectivity index is 2.77. The third-order valence-electron chi connectivity index (χ3n) is 2.35. The van der Waals surface area contributed by atoms with Gasteiger partial charge in [0.05, 0.1) is 6.26 Å². The third-order valence-corrected chi connectivity index (χ3v) is 2.35. The first-order valence-corrected chi connectivity index (χ1v) is 4.38. The zero-order valence-corrected chi connectivity index (χ0v) is 7.87. The van der Waals surface area contributed by atoms with Crippen LogP contribution in [0.15, 0.2) is 16.7 Å². The van der Waals surface area contributed by atoms with Crippen LogP contribution in [-0.2, 0) is 0 Å². The molecule has 0 fully saturated rings. The zero-order valence-electron chi connectivity index (χ0n) is 7.87. The molecule has 12 heavy (non-hydrogen) atoms. The molecule has 2 heteroatoms. The number of rotatable bonds is 3. The average molecular weight is 168 g/mol. The highest BCUT2D eigenvalue weighted by Gasteiger charge is 2.19. The average Bonchev–Trinajstić information content (AvgIpc) is 2.48. The van der Waals surface area contributed by atoms with E-state index in [4.69, 9.17) is 4.42 Å². The summed E-state index contributed by atoms with van der Waals surface area (Å²) in [6, 6.07) is 1.88. The largest absolute Gasteiger partial charge is 0.466 e. The summed E-state index contributed by atoms with van der Waals surface area (Å²) in [5.41, 5.74) is 1.03. The van der Waals surface area contributed by atoms with Crippen molar-refractivity contribution in [1.29, 1.82) is 0 Å². The van der Waals surface area contributed by atoms with Gasteiger partial charge in [0.1, 0.15) is 11.9 Å². The van der Waals surface area contributed by atoms with Crippen molar-refractivity contribution in [2.75, 3.05) is 0 Å². The van der Waals surface area contributed by atoms with Gasteiger partial charge in [-0.15, -0.1) is 0 Å². The van der Waals surface area contributed by atoms with Gasteiger partial charge >= 0.3 is 0 Å². The first-order valence-electron chi connectivity index (χ1n) is 4.38. The van der Waals surface area contributed by atoms with Gasteiger partial charge < -0.3 is 9.52 Å². The van der Waals surface area contributed by atoms with Crippen molar-refractivity contribution in [1.82, 2.24) is 0 Å². The normalized spacial score (nSPS) is 16.0. The molecular formula is C10H16O2. The summed E-state index contributed by atoms with van der Waals surface area (Å²) in [6.45, 7) is 6.03. The molecule has 0 aliphatic rings. The van der Waals surface area contributed by atoms with Crippen LogP contribution in [-0.4, -0.2) is 5.11 Å². The lowest BCUT2D eigenvalue weighted by Gasteiger charge is -2.15. The fourth-order valence-corrected chi connectivity index (χ4v) is 1.17. The Morgan fingerprint density at radius 2 is 2.25 bits per heavy atom. The van der Waals surface area contributed by atoms with Gasteiger partial charge in [-0.1, -0.05) is 20.3 Å². The molecular weight excluding hydrogens is 152 g/mol. The molecule has 2 unspecified atom stereocenters. The predicted molar refractivity (Wildman–Crippen MR) is 47.9 cm³/mol. The van der Waals surface area contributed by atoms with E-state index >= 15 is 0 Å². The van der Waals surface area contributed by atoms with Crippen molar-refractivity contribution in [3.8, 4) is 0 Å². The number of hydrogen-bond acceptors (Lipinski definition) is 2. The maximum absolute atomic E-state index is 9.76. The van der Waals surface area contributed by atoms with Gasteiger partial charge in [0.25, 0.3) is 0 Å². The molecule has 0 radical (unpaired) electrons. The standard InChI is InChI=1S/C10H16O2/c1-4-7(2)9(11)10-8(3)5-6-12-10/h5-7,9,11H,4H2,1-3H3. The van der Waals surface area contributed by atoms with Crippen molar-refractivity contribution >= 4 is 0 Å². The maximum Gasteiger partial charge on any atom is 0.135 e. The topological polar surface area (TPSA) is 33.4 Å². The van der Waals surface area contributed by atoms with Gasteiger partial charge in [0.15, 0.2) is 0 Å². The van der Waals surface area contributed by atoms with Gasteiger partial charge in [-0.3, -0.25) is 0 Å². The van der Waals surface area contributed by atoms with E-state index < -0.39 is 6.10 Å². The zero-order chi connectivity index (χ0) is 9.14. The Labute approximate surface area is 73.2 Å². The van der Waals surface area contributed by atoms with Crippen LogP contribution in [0.4, 0.5) is 0 Å². The maximum atomic E-state index is 9.76. The van der Waals surface area contributed by atoms with Gasteiger partial charge in [0.2, 0.25) is 0 Å². The van der Waals surface area contributed by atoms with Crippen LogP contribution < -0.4 is 0 Å². The van der Waals surface area contributed by atoms with E-state index in [-0.39, 0.29) is 5.92 Å². The second-order valence-corrected chi connectivity index (χ2v) is 3.30.